The van der Waals surface area contributed by atoms with Gasteiger partial charge in [-0.3, -0.25) is 4.68 Å². The molecule has 0 amide bonds. The van der Waals surface area contributed by atoms with Crippen LogP contribution in [0.1, 0.15) is 37.2 Å². The van der Waals surface area contributed by atoms with Crippen LogP contribution in [0.2, 0.25) is 0 Å². The number of benzene rings is 1. The van der Waals surface area contributed by atoms with Gasteiger partial charge in [-0.15, -0.1) is 0 Å². The molecule has 0 spiro atoms. The van der Waals surface area contributed by atoms with Crippen LogP contribution in [-0.4, -0.2) is 22.4 Å². The van der Waals surface area contributed by atoms with Crippen molar-refractivity contribution in [2.75, 3.05) is 6.61 Å². The molecule has 0 fully saturated rings. The largest absolute Gasteiger partial charge is 0.462 e. The maximum absolute atomic E-state index is 12.0. The van der Waals surface area contributed by atoms with Gasteiger partial charge in [-0.2, -0.15) is 5.10 Å². The Labute approximate surface area is 113 Å². The summed E-state index contributed by atoms with van der Waals surface area (Å²) in [6, 6.07) is 9.88. The van der Waals surface area contributed by atoms with E-state index in [9.17, 15) is 4.79 Å². The zero-order valence-electron chi connectivity index (χ0n) is 11.5. The third-order valence-corrected chi connectivity index (χ3v) is 2.80. The summed E-state index contributed by atoms with van der Waals surface area (Å²) < 4.78 is 6.88. The normalized spacial score (nSPS) is 10.7. The van der Waals surface area contributed by atoms with E-state index in [1.807, 2.05) is 44.2 Å². The van der Waals surface area contributed by atoms with Crippen LogP contribution in [0.4, 0.5) is 0 Å². The monoisotopic (exact) mass is 258 g/mol. The number of ether oxygens (including phenoxy) is 1. The molecule has 0 atom stereocenters. The lowest BCUT2D eigenvalue weighted by molar-refractivity contribution is 0.0527. The van der Waals surface area contributed by atoms with Gasteiger partial charge in [0.15, 0.2) is 0 Å². The number of esters is 1. The van der Waals surface area contributed by atoms with Gasteiger partial charge in [0.2, 0.25) is 0 Å². The van der Waals surface area contributed by atoms with Crippen LogP contribution in [0.25, 0.3) is 11.3 Å². The maximum atomic E-state index is 12.0. The smallest absolute Gasteiger partial charge is 0.341 e. The van der Waals surface area contributed by atoms with E-state index in [1.165, 1.54) is 0 Å². The number of hydrogen-bond acceptors (Lipinski definition) is 3. The van der Waals surface area contributed by atoms with E-state index in [1.54, 1.807) is 17.8 Å². The fourth-order valence-corrected chi connectivity index (χ4v) is 1.82. The van der Waals surface area contributed by atoms with Crippen molar-refractivity contribution in [1.29, 1.82) is 0 Å². The van der Waals surface area contributed by atoms with Crippen molar-refractivity contribution in [3.05, 3.63) is 42.1 Å². The van der Waals surface area contributed by atoms with Crippen LogP contribution < -0.4 is 0 Å². The molecule has 4 nitrogen and oxygen atoms in total. The van der Waals surface area contributed by atoms with E-state index >= 15 is 0 Å². The first-order chi connectivity index (χ1) is 9.13. The summed E-state index contributed by atoms with van der Waals surface area (Å²) in [6.45, 7) is 6.21. The average Bonchev–Trinajstić information content (AvgIpc) is 2.85. The molecule has 1 aromatic carbocycles. The van der Waals surface area contributed by atoms with Crippen molar-refractivity contribution >= 4 is 5.97 Å². The highest BCUT2D eigenvalue weighted by atomic mass is 16.5. The van der Waals surface area contributed by atoms with Crippen molar-refractivity contribution in [3.63, 3.8) is 0 Å². The van der Waals surface area contributed by atoms with Gasteiger partial charge >= 0.3 is 5.97 Å². The summed E-state index contributed by atoms with van der Waals surface area (Å²) in [5.41, 5.74) is 2.11. The van der Waals surface area contributed by atoms with Gasteiger partial charge in [0.05, 0.1) is 6.61 Å². The third kappa shape index (κ3) is 2.84. The molecule has 19 heavy (non-hydrogen) atoms. The van der Waals surface area contributed by atoms with Crippen molar-refractivity contribution < 1.29 is 9.53 Å². The number of aromatic nitrogens is 2. The highest BCUT2D eigenvalue weighted by molar-refractivity contribution is 5.96. The molecule has 0 bridgehead atoms. The molecule has 0 aliphatic heterocycles. The van der Waals surface area contributed by atoms with E-state index in [2.05, 4.69) is 5.10 Å². The Morgan fingerprint density at radius 2 is 2.00 bits per heavy atom. The zero-order valence-corrected chi connectivity index (χ0v) is 11.5. The van der Waals surface area contributed by atoms with E-state index in [4.69, 9.17) is 4.74 Å². The molecule has 2 aromatic rings. The predicted molar refractivity (Wildman–Crippen MR) is 74.0 cm³/mol. The molecule has 4 heteroatoms. The first-order valence-corrected chi connectivity index (χ1v) is 6.45. The van der Waals surface area contributed by atoms with Crippen LogP contribution in [0.5, 0.6) is 0 Å². The molecule has 0 aliphatic rings. The summed E-state index contributed by atoms with van der Waals surface area (Å²) in [7, 11) is 0. The molecule has 0 saturated carbocycles. The number of carbonyl (C=O) groups is 1. The van der Waals surface area contributed by atoms with Gasteiger partial charge in [-0.25, -0.2) is 4.79 Å². The van der Waals surface area contributed by atoms with Gasteiger partial charge in [0.25, 0.3) is 0 Å². The minimum Gasteiger partial charge on any atom is -0.462 e. The topological polar surface area (TPSA) is 44.1 Å². The summed E-state index contributed by atoms with van der Waals surface area (Å²) >= 11 is 0. The summed E-state index contributed by atoms with van der Waals surface area (Å²) in [5.74, 6) is -0.326. The summed E-state index contributed by atoms with van der Waals surface area (Å²) in [5, 5.41) is 4.50. The van der Waals surface area contributed by atoms with E-state index < -0.39 is 0 Å². The fraction of sp³-hybridized carbons (Fsp3) is 0.333. The van der Waals surface area contributed by atoms with Crippen molar-refractivity contribution in [1.82, 2.24) is 9.78 Å². The summed E-state index contributed by atoms with van der Waals surface area (Å²) in [4.78, 5) is 12.0. The molecule has 0 unspecified atom stereocenters. The quantitative estimate of drug-likeness (QED) is 0.790. The molecule has 1 heterocycles. The van der Waals surface area contributed by atoms with E-state index in [0.29, 0.717) is 17.9 Å². The van der Waals surface area contributed by atoms with Crippen LogP contribution in [0.15, 0.2) is 36.5 Å². The van der Waals surface area contributed by atoms with Gasteiger partial charge in [-0.1, -0.05) is 30.3 Å². The Morgan fingerprint density at radius 3 is 2.58 bits per heavy atom. The minimum atomic E-state index is -0.326. The Bertz CT molecular complexity index is 559. The number of hydrogen-bond donors (Lipinski definition) is 0. The lowest BCUT2D eigenvalue weighted by Gasteiger charge is -2.03. The second-order valence-corrected chi connectivity index (χ2v) is 4.55. The molecular formula is C15H18N2O2. The fourth-order valence-electron chi connectivity index (χ4n) is 1.82. The molecule has 0 aliphatic carbocycles. The van der Waals surface area contributed by atoms with Crippen LogP contribution in [0.3, 0.4) is 0 Å². The minimum absolute atomic E-state index is 0.200. The van der Waals surface area contributed by atoms with Gasteiger partial charge < -0.3 is 4.74 Å². The highest BCUT2D eigenvalue weighted by Gasteiger charge is 2.19. The van der Waals surface area contributed by atoms with Crippen molar-refractivity contribution in [2.24, 2.45) is 0 Å². The maximum Gasteiger partial charge on any atom is 0.341 e. The Balaban J connectivity index is 2.49. The standard InChI is InChI=1S/C15H18N2O2/c1-4-19-15(18)13-10-17(11(2)3)16-14(13)12-8-6-5-7-9-12/h5-11H,4H2,1-3H3. The predicted octanol–water partition coefficient (Wildman–Crippen LogP) is 3.31. The molecule has 2 rings (SSSR count). The average molecular weight is 258 g/mol. The third-order valence-electron chi connectivity index (χ3n) is 2.80. The van der Waals surface area contributed by atoms with Crippen LogP contribution in [0, 0.1) is 0 Å². The van der Waals surface area contributed by atoms with Gasteiger partial charge in [0, 0.05) is 17.8 Å². The van der Waals surface area contributed by atoms with Gasteiger partial charge in [-0.05, 0) is 20.8 Å². The number of carbonyl (C=O) groups excluding carboxylic acids is 1. The second-order valence-electron chi connectivity index (χ2n) is 4.55. The lowest BCUT2D eigenvalue weighted by Crippen LogP contribution is -2.05. The Hall–Kier alpha value is -2.10. The molecule has 0 N–H and O–H groups in total. The van der Waals surface area contributed by atoms with E-state index in [0.717, 1.165) is 5.56 Å². The highest BCUT2D eigenvalue weighted by Crippen LogP contribution is 2.24. The van der Waals surface area contributed by atoms with Crippen molar-refractivity contribution in [2.45, 2.75) is 26.8 Å². The first kappa shape index (κ1) is 13.3. The van der Waals surface area contributed by atoms with Crippen LogP contribution >= 0.6 is 0 Å². The Kier molecular flexibility index (Phi) is 4.00. The summed E-state index contributed by atoms with van der Waals surface area (Å²) in [6.07, 6.45) is 1.75. The Morgan fingerprint density at radius 1 is 1.32 bits per heavy atom. The second kappa shape index (κ2) is 5.69. The number of rotatable bonds is 4. The number of nitrogens with zero attached hydrogens (tertiary/aromatic N) is 2. The SMILES string of the molecule is CCOC(=O)c1cn(C(C)C)nc1-c1ccccc1. The molecule has 1 aromatic heterocycles. The van der Waals surface area contributed by atoms with E-state index in [-0.39, 0.29) is 12.0 Å². The zero-order chi connectivity index (χ0) is 13.8. The van der Waals surface area contributed by atoms with Crippen LogP contribution in [-0.2, 0) is 4.74 Å². The lowest BCUT2D eigenvalue weighted by atomic mass is 10.1. The molecule has 100 valence electrons. The molecule has 0 radical (unpaired) electrons. The molecule has 0 saturated heterocycles. The van der Waals surface area contributed by atoms with Gasteiger partial charge in [0.1, 0.15) is 11.3 Å². The van der Waals surface area contributed by atoms with Crippen molar-refractivity contribution in [3.8, 4) is 11.3 Å². The first-order valence-electron chi connectivity index (χ1n) is 6.45. The molecular weight excluding hydrogens is 240 g/mol.